The molecule has 29 heavy (non-hydrogen) atoms. The Bertz CT molecular complexity index is 1020. The van der Waals surface area contributed by atoms with E-state index in [1.807, 2.05) is 0 Å². The number of aliphatic imine (C=N–C) groups is 1. The van der Waals surface area contributed by atoms with Gasteiger partial charge in [0.25, 0.3) is 5.91 Å². The van der Waals surface area contributed by atoms with Crippen LogP contribution in [-0.4, -0.2) is 56.9 Å². The summed E-state index contributed by atoms with van der Waals surface area (Å²) in [6.07, 6.45) is 0.0956. The first-order valence-corrected chi connectivity index (χ1v) is 8.96. The van der Waals surface area contributed by atoms with Gasteiger partial charge in [0, 0.05) is 5.38 Å². The number of aromatic carboxylic acids is 1. The number of carboxylic acids is 1. The highest BCUT2D eigenvalue weighted by atomic mass is 32.1. The highest BCUT2D eigenvalue weighted by Gasteiger charge is 2.38. The average molecular weight is 418 g/mol. The zero-order valence-corrected chi connectivity index (χ0v) is 15.5. The van der Waals surface area contributed by atoms with Crippen LogP contribution >= 0.6 is 11.3 Å². The number of amides is 1. The molecule has 0 saturated heterocycles. The second-order valence-electron chi connectivity index (χ2n) is 5.89. The van der Waals surface area contributed by atoms with E-state index in [0.29, 0.717) is 5.56 Å². The van der Waals surface area contributed by atoms with Crippen LogP contribution in [0.3, 0.4) is 0 Å². The third-order valence-electron chi connectivity index (χ3n) is 3.94. The van der Waals surface area contributed by atoms with Crippen LogP contribution in [0.5, 0.6) is 5.75 Å². The van der Waals surface area contributed by atoms with Crippen molar-refractivity contribution >= 4 is 47.1 Å². The van der Waals surface area contributed by atoms with E-state index in [-0.39, 0.29) is 34.5 Å². The number of carbonyl (C=O) groups excluding carboxylic acids is 1. The number of nitrogens with zero attached hydrogens (tertiary/aromatic N) is 3. The van der Waals surface area contributed by atoms with Crippen LogP contribution in [0, 0.1) is 0 Å². The third-order valence-corrected chi connectivity index (χ3v) is 4.68. The smallest absolute Gasteiger partial charge is 0.534 e. The minimum absolute atomic E-state index is 0.0229. The molecule has 0 aliphatic carbocycles. The van der Waals surface area contributed by atoms with E-state index in [0.717, 1.165) is 11.3 Å². The molecular formula is C15H15BN6O6S. The van der Waals surface area contributed by atoms with Gasteiger partial charge in [-0.15, -0.1) is 11.3 Å². The number of fused-ring (bicyclic) bond motifs is 1. The summed E-state index contributed by atoms with van der Waals surface area (Å²) in [6, 6.07) is 4.50. The van der Waals surface area contributed by atoms with Crippen LogP contribution in [0.1, 0.15) is 21.6 Å². The molecule has 0 radical (unpaired) electrons. The molecule has 0 saturated carbocycles. The summed E-state index contributed by atoms with van der Waals surface area (Å²) in [5.74, 6) is -3.15. The summed E-state index contributed by atoms with van der Waals surface area (Å²) in [6.45, 7) is 0. The fraction of sp³-hybridized carbons (Fsp3) is 0.133. The van der Waals surface area contributed by atoms with E-state index >= 15 is 0 Å². The van der Waals surface area contributed by atoms with Gasteiger partial charge in [-0.2, -0.15) is 4.99 Å². The first-order valence-electron chi connectivity index (χ1n) is 8.08. The van der Waals surface area contributed by atoms with Gasteiger partial charge in [-0.05, 0) is 18.1 Å². The van der Waals surface area contributed by atoms with Crippen molar-refractivity contribution in [2.45, 2.75) is 12.4 Å². The van der Waals surface area contributed by atoms with Crippen LogP contribution in [0.25, 0.3) is 0 Å². The van der Waals surface area contributed by atoms with E-state index in [4.69, 9.17) is 16.1 Å². The lowest BCUT2D eigenvalue weighted by molar-refractivity contribution is -0.115. The molecular weight excluding hydrogens is 403 g/mol. The Labute approximate surface area is 167 Å². The number of nitrogens with two attached hydrogens (primary N) is 2. The Morgan fingerprint density at radius 3 is 2.79 bits per heavy atom. The summed E-state index contributed by atoms with van der Waals surface area (Å²) in [5.41, 5.74) is 10.5. The fourth-order valence-electron chi connectivity index (χ4n) is 2.70. The molecule has 14 heteroatoms. The summed E-state index contributed by atoms with van der Waals surface area (Å²) < 4.78 is 5.30. The maximum atomic E-state index is 12.5. The molecule has 2 aromatic rings. The second-order valence-corrected chi connectivity index (χ2v) is 6.73. The maximum Gasteiger partial charge on any atom is 0.547 e. The first-order chi connectivity index (χ1) is 13.8. The number of hydrogen-bond acceptors (Lipinski definition) is 9. The lowest BCUT2D eigenvalue weighted by Crippen LogP contribution is -2.54. The van der Waals surface area contributed by atoms with Crippen molar-refractivity contribution in [3.63, 3.8) is 0 Å². The highest BCUT2D eigenvalue weighted by Crippen LogP contribution is 2.30. The number of para-hydroxylation sites is 1. The minimum Gasteiger partial charge on any atom is -0.534 e. The zero-order chi connectivity index (χ0) is 21.1. The van der Waals surface area contributed by atoms with Crippen LogP contribution in [0.2, 0.25) is 0 Å². The quantitative estimate of drug-likeness (QED) is 0.116. The van der Waals surface area contributed by atoms with Crippen molar-refractivity contribution in [3.05, 3.63) is 40.4 Å². The Balaban J connectivity index is 1.78. The average Bonchev–Trinajstić information content (AvgIpc) is 3.09. The highest BCUT2D eigenvalue weighted by molar-refractivity contribution is 7.13. The number of aromatic nitrogens is 1. The van der Waals surface area contributed by atoms with Gasteiger partial charge in [-0.25, -0.2) is 9.78 Å². The Kier molecular flexibility index (Phi) is 5.65. The molecule has 1 aromatic heterocycles. The standard InChI is InChI=1S/C15H15BN6O6S/c17-14(18)21-15-19-8(5-29-15)10(22-27)12(23)20-9-4-6-2-1-3-7(13(24)25)11(6)28-16(9)26/h1-3,5,9,26-27H,4H2,(H,20,23)(H,24,25)(H4,17,18,19,21). The molecule has 0 spiro atoms. The Morgan fingerprint density at radius 2 is 2.14 bits per heavy atom. The van der Waals surface area contributed by atoms with Crippen molar-refractivity contribution in [2.24, 2.45) is 21.6 Å². The van der Waals surface area contributed by atoms with Gasteiger partial charge < -0.3 is 36.8 Å². The lowest BCUT2D eigenvalue weighted by atomic mass is 9.72. The number of nitrogens with one attached hydrogen (secondary N) is 1. The summed E-state index contributed by atoms with van der Waals surface area (Å²) >= 11 is 1.02. The van der Waals surface area contributed by atoms with Gasteiger partial charge in [0.15, 0.2) is 11.7 Å². The molecule has 12 nitrogen and oxygen atoms in total. The van der Waals surface area contributed by atoms with Gasteiger partial charge in [0.05, 0.1) is 11.5 Å². The van der Waals surface area contributed by atoms with Crippen molar-refractivity contribution < 1.29 is 29.6 Å². The van der Waals surface area contributed by atoms with Crippen LogP contribution in [0.4, 0.5) is 5.13 Å². The van der Waals surface area contributed by atoms with E-state index in [2.05, 4.69) is 20.4 Å². The van der Waals surface area contributed by atoms with Gasteiger partial charge in [-0.1, -0.05) is 17.3 Å². The molecule has 1 amide bonds. The Hall–Kier alpha value is -3.65. The zero-order valence-electron chi connectivity index (χ0n) is 14.6. The maximum absolute atomic E-state index is 12.5. The van der Waals surface area contributed by atoms with Crippen molar-refractivity contribution in [3.8, 4) is 5.75 Å². The predicted molar refractivity (Wildman–Crippen MR) is 104 cm³/mol. The monoisotopic (exact) mass is 418 g/mol. The van der Waals surface area contributed by atoms with Crippen molar-refractivity contribution in [1.29, 1.82) is 0 Å². The number of carboxylic acid groups (broad SMARTS) is 1. The van der Waals surface area contributed by atoms with Gasteiger partial charge >= 0.3 is 13.1 Å². The molecule has 8 N–H and O–H groups in total. The van der Waals surface area contributed by atoms with E-state index in [1.165, 1.54) is 17.5 Å². The molecule has 0 bridgehead atoms. The topological polar surface area (TPSA) is 206 Å². The van der Waals surface area contributed by atoms with E-state index in [9.17, 15) is 24.9 Å². The van der Waals surface area contributed by atoms with Gasteiger partial charge in [0.2, 0.25) is 5.13 Å². The summed E-state index contributed by atoms with van der Waals surface area (Å²) in [4.78, 5) is 31.5. The second kappa shape index (κ2) is 8.16. The van der Waals surface area contributed by atoms with Gasteiger partial charge in [0.1, 0.15) is 11.4 Å². The first kappa shape index (κ1) is 20.1. The number of guanidine groups is 1. The molecule has 1 atom stereocenters. The number of benzene rings is 1. The van der Waals surface area contributed by atoms with Crippen molar-refractivity contribution in [2.75, 3.05) is 0 Å². The number of thiazole rings is 1. The molecule has 3 rings (SSSR count). The largest absolute Gasteiger partial charge is 0.547 e. The number of rotatable bonds is 5. The number of hydrogen-bond donors (Lipinski definition) is 6. The van der Waals surface area contributed by atoms with Crippen LogP contribution in [0.15, 0.2) is 33.7 Å². The summed E-state index contributed by atoms with van der Waals surface area (Å²) in [5, 5.41) is 35.7. The van der Waals surface area contributed by atoms with E-state index in [1.54, 1.807) is 6.07 Å². The third kappa shape index (κ3) is 4.28. The number of oxime groups is 1. The fourth-order valence-corrected chi connectivity index (χ4v) is 3.39. The molecule has 150 valence electrons. The Morgan fingerprint density at radius 1 is 1.38 bits per heavy atom. The molecule has 1 aliphatic rings. The lowest BCUT2D eigenvalue weighted by Gasteiger charge is -2.28. The number of carbonyl (C=O) groups is 2. The van der Waals surface area contributed by atoms with Crippen molar-refractivity contribution in [1.82, 2.24) is 10.3 Å². The van der Waals surface area contributed by atoms with E-state index < -0.39 is 30.6 Å². The predicted octanol–water partition coefficient (Wildman–Crippen LogP) is -0.936. The SMILES string of the molecule is NC(N)=Nc1nc(C(=NO)C(=O)NC2Cc3cccc(C(=O)O)c3OB2O)cs1. The normalized spacial score (nSPS) is 15.8. The van der Waals surface area contributed by atoms with Crippen LogP contribution < -0.4 is 21.4 Å². The van der Waals surface area contributed by atoms with Crippen LogP contribution in [-0.2, 0) is 11.2 Å². The van der Waals surface area contributed by atoms with Gasteiger partial charge in [-0.3, -0.25) is 4.79 Å². The molecule has 1 aliphatic heterocycles. The molecule has 1 unspecified atom stereocenters. The molecule has 2 heterocycles. The minimum atomic E-state index is -1.51. The summed E-state index contributed by atoms with van der Waals surface area (Å²) in [7, 11) is -1.51. The molecule has 0 fully saturated rings. The molecule has 1 aromatic carbocycles.